The molecule has 0 aromatic heterocycles. The van der Waals surface area contributed by atoms with E-state index in [0.29, 0.717) is 5.41 Å². The summed E-state index contributed by atoms with van der Waals surface area (Å²) in [5, 5.41) is 9.36. The molecule has 1 aliphatic rings. The van der Waals surface area contributed by atoms with Gasteiger partial charge in [-0.2, -0.15) is 11.8 Å². The molecule has 0 saturated heterocycles. The fourth-order valence-electron chi connectivity index (χ4n) is 1.34. The lowest BCUT2D eigenvalue weighted by atomic mass is 9.98. The van der Waals surface area contributed by atoms with Crippen molar-refractivity contribution in [2.24, 2.45) is 5.41 Å². The van der Waals surface area contributed by atoms with Crippen LogP contribution in [0.1, 0.15) is 26.2 Å². The van der Waals surface area contributed by atoms with Crippen LogP contribution in [0.3, 0.4) is 0 Å². The molecule has 1 atom stereocenters. The molecule has 0 aliphatic heterocycles. The molecule has 1 N–H and O–H groups in total. The van der Waals surface area contributed by atoms with Crippen LogP contribution in [-0.2, 0) is 0 Å². The van der Waals surface area contributed by atoms with Crippen molar-refractivity contribution in [2.45, 2.75) is 32.3 Å². The average Bonchev–Trinajstić information content (AvgIpc) is 2.64. The van der Waals surface area contributed by atoms with Crippen LogP contribution >= 0.6 is 11.8 Å². The van der Waals surface area contributed by atoms with Crippen LogP contribution < -0.4 is 0 Å². The first kappa shape index (κ1) is 8.41. The van der Waals surface area contributed by atoms with Gasteiger partial charge in [0.1, 0.15) is 0 Å². The Kier molecular flexibility index (Phi) is 2.64. The third kappa shape index (κ3) is 1.67. The van der Waals surface area contributed by atoms with Gasteiger partial charge in [0, 0.05) is 0 Å². The van der Waals surface area contributed by atoms with Crippen molar-refractivity contribution >= 4 is 11.8 Å². The lowest BCUT2D eigenvalue weighted by Gasteiger charge is -2.17. The summed E-state index contributed by atoms with van der Waals surface area (Å²) >= 11 is 1.87. The Morgan fingerprint density at radius 2 is 2.20 bits per heavy atom. The molecular weight excluding hydrogens is 144 g/mol. The van der Waals surface area contributed by atoms with Gasteiger partial charge >= 0.3 is 0 Å². The van der Waals surface area contributed by atoms with E-state index in [1.54, 1.807) is 0 Å². The maximum Gasteiger partial charge on any atom is 0.0568 e. The Balaban J connectivity index is 2.24. The summed E-state index contributed by atoms with van der Waals surface area (Å²) in [6.45, 7) is 1.92. The van der Waals surface area contributed by atoms with E-state index in [1.165, 1.54) is 25.0 Å². The zero-order valence-corrected chi connectivity index (χ0v) is 7.58. The van der Waals surface area contributed by atoms with Gasteiger partial charge < -0.3 is 5.11 Å². The smallest absolute Gasteiger partial charge is 0.0568 e. The molecular formula is C8H16OS. The highest BCUT2D eigenvalue weighted by Crippen LogP contribution is 2.51. The van der Waals surface area contributed by atoms with Crippen molar-refractivity contribution < 1.29 is 5.11 Å². The fourth-order valence-corrected chi connectivity index (χ4v) is 1.95. The van der Waals surface area contributed by atoms with E-state index in [-0.39, 0.29) is 6.10 Å². The normalized spacial score (nSPS) is 24.3. The zero-order chi connectivity index (χ0) is 7.61. The van der Waals surface area contributed by atoms with Gasteiger partial charge in [-0.05, 0) is 43.6 Å². The van der Waals surface area contributed by atoms with Crippen LogP contribution in [-0.4, -0.2) is 23.2 Å². The van der Waals surface area contributed by atoms with Gasteiger partial charge in [0.05, 0.1) is 6.10 Å². The number of rotatable bonds is 4. The molecule has 1 unspecified atom stereocenters. The molecule has 1 nitrogen and oxygen atoms in total. The summed E-state index contributed by atoms with van der Waals surface area (Å²) in [6, 6.07) is 0. The summed E-state index contributed by atoms with van der Waals surface area (Å²) < 4.78 is 0. The maximum absolute atomic E-state index is 9.36. The first-order valence-corrected chi connectivity index (χ1v) is 5.28. The summed E-state index contributed by atoms with van der Waals surface area (Å²) in [5.74, 6) is 1.20. The molecule has 1 saturated carbocycles. The Hall–Kier alpha value is 0.310. The minimum atomic E-state index is -0.0837. The second-order valence-electron chi connectivity index (χ2n) is 3.28. The van der Waals surface area contributed by atoms with E-state index >= 15 is 0 Å². The highest BCUT2D eigenvalue weighted by Gasteiger charge is 2.45. The molecule has 1 rings (SSSR count). The SMILES string of the molecule is CSCCC1(C(C)O)CC1. The minimum absolute atomic E-state index is 0.0837. The Labute approximate surface area is 67.2 Å². The summed E-state index contributed by atoms with van der Waals surface area (Å²) in [7, 11) is 0. The van der Waals surface area contributed by atoms with Crippen LogP contribution in [0.15, 0.2) is 0 Å². The molecule has 0 spiro atoms. The zero-order valence-electron chi connectivity index (χ0n) is 6.76. The van der Waals surface area contributed by atoms with Crippen molar-refractivity contribution in [3.8, 4) is 0 Å². The molecule has 60 valence electrons. The molecule has 0 aromatic carbocycles. The van der Waals surface area contributed by atoms with Crippen molar-refractivity contribution in [2.75, 3.05) is 12.0 Å². The molecule has 0 amide bonds. The van der Waals surface area contributed by atoms with Gasteiger partial charge in [-0.15, -0.1) is 0 Å². The number of aliphatic hydroxyl groups is 1. The van der Waals surface area contributed by atoms with E-state index in [1.807, 2.05) is 18.7 Å². The largest absolute Gasteiger partial charge is 0.393 e. The van der Waals surface area contributed by atoms with Crippen LogP contribution in [0.4, 0.5) is 0 Å². The first-order chi connectivity index (χ1) is 4.71. The van der Waals surface area contributed by atoms with Gasteiger partial charge in [0.15, 0.2) is 0 Å². The van der Waals surface area contributed by atoms with Gasteiger partial charge in [-0.25, -0.2) is 0 Å². The summed E-state index contributed by atoms with van der Waals surface area (Å²) in [6.07, 6.45) is 5.72. The fraction of sp³-hybridized carbons (Fsp3) is 1.00. The highest BCUT2D eigenvalue weighted by molar-refractivity contribution is 7.98. The van der Waals surface area contributed by atoms with Crippen LogP contribution in [0, 0.1) is 5.41 Å². The Morgan fingerprint density at radius 1 is 1.60 bits per heavy atom. The monoisotopic (exact) mass is 160 g/mol. The lowest BCUT2D eigenvalue weighted by Crippen LogP contribution is -2.18. The third-order valence-corrected chi connectivity index (χ3v) is 3.19. The number of thioether (sulfide) groups is 1. The van der Waals surface area contributed by atoms with Crippen molar-refractivity contribution in [3.05, 3.63) is 0 Å². The number of hydrogen-bond acceptors (Lipinski definition) is 2. The van der Waals surface area contributed by atoms with Gasteiger partial charge in [-0.3, -0.25) is 0 Å². The first-order valence-electron chi connectivity index (χ1n) is 3.88. The van der Waals surface area contributed by atoms with E-state index in [4.69, 9.17) is 0 Å². The topological polar surface area (TPSA) is 20.2 Å². The van der Waals surface area contributed by atoms with Crippen molar-refractivity contribution in [1.82, 2.24) is 0 Å². The van der Waals surface area contributed by atoms with E-state index < -0.39 is 0 Å². The number of hydrogen-bond donors (Lipinski definition) is 1. The summed E-state index contributed by atoms with van der Waals surface area (Å²) in [5.41, 5.74) is 0.336. The Bertz CT molecular complexity index is 108. The van der Waals surface area contributed by atoms with E-state index in [9.17, 15) is 5.11 Å². The second-order valence-corrected chi connectivity index (χ2v) is 4.27. The Morgan fingerprint density at radius 3 is 2.50 bits per heavy atom. The molecule has 0 aromatic rings. The predicted molar refractivity (Wildman–Crippen MR) is 46.3 cm³/mol. The maximum atomic E-state index is 9.36. The molecule has 0 bridgehead atoms. The third-order valence-electron chi connectivity index (χ3n) is 2.58. The molecule has 10 heavy (non-hydrogen) atoms. The molecule has 0 heterocycles. The van der Waals surface area contributed by atoms with Crippen LogP contribution in [0.25, 0.3) is 0 Å². The average molecular weight is 160 g/mol. The summed E-state index contributed by atoms with van der Waals surface area (Å²) in [4.78, 5) is 0. The number of aliphatic hydroxyl groups excluding tert-OH is 1. The second kappa shape index (κ2) is 3.14. The van der Waals surface area contributed by atoms with Crippen molar-refractivity contribution in [1.29, 1.82) is 0 Å². The quantitative estimate of drug-likeness (QED) is 0.678. The van der Waals surface area contributed by atoms with Crippen LogP contribution in [0.5, 0.6) is 0 Å². The van der Waals surface area contributed by atoms with E-state index in [2.05, 4.69) is 6.26 Å². The van der Waals surface area contributed by atoms with E-state index in [0.717, 1.165) is 0 Å². The van der Waals surface area contributed by atoms with Crippen LogP contribution in [0.2, 0.25) is 0 Å². The lowest BCUT2D eigenvalue weighted by molar-refractivity contribution is 0.108. The standard InChI is InChI=1S/C8H16OS/c1-7(9)8(3-4-8)5-6-10-2/h7,9H,3-6H2,1-2H3. The minimum Gasteiger partial charge on any atom is -0.393 e. The van der Waals surface area contributed by atoms with Gasteiger partial charge in [0.25, 0.3) is 0 Å². The van der Waals surface area contributed by atoms with Gasteiger partial charge in [-0.1, -0.05) is 0 Å². The molecule has 0 radical (unpaired) electrons. The molecule has 1 aliphatic carbocycles. The van der Waals surface area contributed by atoms with Crippen molar-refractivity contribution in [3.63, 3.8) is 0 Å². The molecule has 1 fully saturated rings. The van der Waals surface area contributed by atoms with Gasteiger partial charge in [0.2, 0.25) is 0 Å². The molecule has 2 heteroatoms. The highest BCUT2D eigenvalue weighted by atomic mass is 32.2. The predicted octanol–water partition coefficient (Wildman–Crippen LogP) is 1.90.